The smallest absolute Gasteiger partial charge is 0.316 e. The fraction of sp³-hybridized carbons (Fsp3) is 0.889. The molecule has 0 aromatic rings. The van der Waals surface area contributed by atoms with Gasteiger partial charge in [-0.15, -0.1) is 0 Å². The number of nitrogens with one attached hydrogen (secondary N) is 2. The summed E-state index contributed by atoms with van der Waals surface area (Å²) < 4.78 is 15.1. The summed E-state index contributed by atoms with van der Waals surface area (Å²) in [5.41, 5.74) is 0. The minimum Gasteiger partial charge on any atom is -0.358 e. The fourth-order valence-electron chi connectivity index (χ4n) is 1.33. The van der Waals surface area contributed by atoms with Gasteiger partial charge in [-0.2, -0.15) is 0 Å². The summed E-state index contributed by atoms with van der Waals surface area (Å²) >= 11 is 0. The van der Waals surface area contributed by atoms with E-state index in [1.54, 1.807) is 0 Å². The Morgan fingerprint density at radius 2 is 2.27 bits per heavy atom. The van der Waals surface area contributed by atoms with Crippen molar-refractivity contribution in [3.8, 4) is 0 Å². The normalized spacial score (nSPS) is 20.6. The number of carbonyl (C=O) groups is 1. The van der Waals surface area contributed by atoms with Crippen LogP contribution in [0.5, 0.6) is 0 Å². The van der Waals surface area contributed by atoms with Crippen LogP contribution in [0.15, 0.2) is 0 Å². The van der Waals surface area contributed by atoms with Crippen LogP contribution in [0.3, 0.4) is 0 Å². The molecule has 1 heterocycles. The average Bonchev–Trinajstić information content (AvgIpc) is 2.72. The van der Waals surface area contributed by atoms with Crippen molar-refractivity contribution in [2.75, 3.05) is 27.4 Å². The summed E-state index contributed by atoms with van der Waals surface area (Å²) in [6, 6.07) is -0.263. The van der Waals surface area contributed by atoms with Gasteiger partial charge in [0, 0.05) is 20.8 Å². The van der Waals surface area contributed by atoms with E-state index >= 15 is 0 Å². The van der Waals surface area contributed by atoms with Crippen LogP contribution in [0.1, 0.15) is 12.8 Å². The lowest BCUT2D eigenvalue weighted by Crippen LogP contribution is -2.44. The Bertz CT molecular complexity index is 191. The van der Waals surface area contributed by atoms with Crippen molar-refractivity contribution in [2.45, 2.75) is 25.4 Å². The first kappa shape index (κ1) is 12.2. The largest absolute Gasteiger partial charge is 0.358 e. The number of urea groups is 1. The Labute approximate surface area is 89.3 Å². The van der Waals surface area contributed by atoms with Crippen molar-refractivity contribution in [2.24, 2.45) is 0 Å². The summed E-state index contributed by atoms with van der Waals surface area (Å²) in [7, 11) is 3.04. The van der Waals surface area contributed by atoms with Gasteiger partial charge in [-0.25, -0.2) is 4.79 Å². The number of hydrogen-bond donors (Lipinski definition) is 2. The quantitative estimate of drug-likeness (QED) is 0.639. The number of methoxy groups -OCH3 is 2. The van der Waals surface area contributed by atoms with E-state index in [1.807, 2.05) is 0 Å². The second kappa shape index (κ2) is 6.60. The van der Waals surface area contributed by atoms with Gasteiger partial charge in [0.05, 0.1) is 6.54 Å². The lowest BCUT2D eigenvalue weighted by molar-refractivity contribution is -0.0973. The SMILES string of the molecule is COC(CNC(=O)NC1CCCO1)OC. The summed E-state index contributed by atoms with van der Waals surface area (Å²) in [6.45, 7) is 1.02. The molecule has 88 valence electrons. The molecule has 0 saturated carbocycles. The van der Waals surface area contributed by atoms with Crippen LogP contribution in [-0.2, 0) is 14.2 Å². The highest BCUT2D eigenvalue weighted by Gasteiger charge is 2.17. The summed E-state index contributed by atoms with van der Waals surface area (Å²) in [6.07, 6.45) is 1.28. The highest BCUT2D eigenvalue weighted by molar-refractivity contribution is 5.74. The van der Waals surface area contributed by atoms with Crippen molar-refractivity contribution < 1.29 is 19.0 Å². The van der Waals surface area contributed by atoms with E-state index < -0.39 is 6.29 Å². The molecular formula is C9H18N2O4. The third kappa shape index (κ3) is 4.46. The molecule has 1 atom stereocenters. The summed E-state index contributed by atoms with van der Waals surface area (Å²) in [5, 5.41) is 5.33. The summed E-state index contributed by atoms with van der Waals surface area (Å²) in [5.74, 6) is 0. The minimum atomic E-state index is -0.416. The standard InChI is InChI=1S/C9H18N2O4/c1-13-8(14-2)6-10-9(12)11-7-4-3-5-15-7/h7-8H,3-6H2,1-2H3,(H2,10,11,12). The molecule has 6 nitrogen and oxygen atoms in total. The first-order chi connectivity index (χ1) is 7.26. The van der Waals surface area contributed by atoms with Crippen molar-refractivity contribution in [3.05, 3.63) is 0 Å². The molecule has 0 bridgehead atoms. The molecule has 0 aromatic carbocycles. The third-order valence-corrected chi connectivity index (χ3v) is 2.18. The molecule has 0 radical (unpaired) electrons. The molecular weight excluding hydrogens is 200 g/mol. The van der Waals surface area contributed by atoms with Crippen molar-refractivity contribution in [3.63, 3.8) is 0 Å². The Balaban J connectivity index is 2.12. The lowest BCUT2D eigenvalue weighted by atomic mass is 10.3. The molecule has 1 fully saturated rings. The van der Waals surface area contributed by atoms with E-state index in [4.69, 9.17) is 14.2 Å². The first-order valence-electron chi connectivity index (χ1n) is 4.98. The molecule has 1 saturated heterocycles. The van der Waals surface area contributed by atoms with E-state index in [0.717, 1.165) is 12.8 Å². The number of amides is 2. The zero-order valence-electron chi connectivity index (χ0n) is 9.12. The number of rotatable bonds is 5. The van der Waals surface area contributed by atoms with Crippen LogP contribution in [0.4, 0.5) is 4.79 Å². The maximum absolute atomic E-state index is 11.3. The van der Waals surface area contributed by atoms with Crippen LogP contribution < -0.4 is 10.6 Å². The molecule has 15 heavy (non-hydrogen) atoms. The van der Waals surface area contributed by atoms with Crippen LogP contribution in [0.2, 0.25) is 0 Å². The second-order valence-electron chi connectivity index (χ2n) is 3.26. The maximum atomic E-state index is 11.3. The molecule has 0 spiro atoms. The molecule has 2 amide bonds. The van der Waals surface area contributed by atoms with E-state index in [1.165, 1.54) is 14.2 Å². The zero-order chi connectivity index (χ0) is 11.1. The zero-order valence-corrected chi connectivity index (χ0v) is 9.12. The lowest BCUT2D eigenvalue weighted by Gasteiger charge is -2.16. The van der Waals surface area contributed by atoms with Crippen LogP contribution in [0.25, 0.3) is 0 Å². The monoisotopic (exact) mass is 218 g/mol. The van der Waals surface area contributed by atoms with Gasteiger partial charge in [0.25, 0.3) is 0 Å². The highest BCUT2D eigenvalue weighted by Crippen LogP contribution is 2.08. The van der Waals surface area contributed by atoms with Gasteiger partial charge in [0.15, 0.2) is 6.29 Å². The van der Waals surface area contributed by atoms with Gasteiger partial charge in [0.2, 0.25) is 0 Å². The van der Waals surface area contributed by atoms with Crippen molar-refractivity contribution in [1.82, 2.24) is 10.6 Å². The van der Waals surface area contributed by atoms with Gasteiger partial charge in [0.1, 0.15) is 6.23 Å². The highest BCUT2D eigenvalue weighted by atomic mass is 16.7. The maximum Gasteiger partial charge on any atom is 0.316 e. The van der Waals surface area contributed by atoms with Crippen LogP contribution >= 0.6 is 0 Å². The van der Waals surface area contributed by atoms with E-state index in [-0.39, 0.29) is 12.3 Å². The first-order valence-corrected chi connectivity index (χ1v) is 4.98. The molecule has 1 aliphatic rings. The molecule has 2 N–H and O–H groups in total. The Morgan fingerprint density at radius 3 is 2.80 bits per heavy atom. The molecule has 1 unspecified atom stereocenters. The average molecular weight is 218 g/mol. The Hall–Kier alpha value is -0.850. The molecule has 1 rings (SSSR count). The Morgan fingerprint density at radius 1 is 1.53 bits per heavy atom. The number of hydrogen-bond acceptors (Lipinski definition) is 4. The van der Waals surface area contributed by atoms with E-state index in [2.05, 4.69) is 10.6 Å². The number of ether oxygens (including phenoxy) is 3. The van der Waals surface area contributed by atoms with Gasteiger partial charge >= 0.3 is 6.03 Å². The third-order valence-electron chi connectivity index (χ3n) is 2.18. The fourth-order valence-corrected chi connectivity index (χ4v) is 1.33. The van der Waals surface area contributed by atoms with Gasteiger partial charge in [-0.3, -0.25) is 0 Å². The minimum absolute atomic E-state index is 0.159. The van der Waals surface area contributed by atoms with Crippen LogP contribution in [0, 0.1) is 0 Å². The molecule has 0 aromatic heterocycles. The molecule has 0 aliphatic carbocycles. The summed E-state index contributed by atoms with van der Waals surface area (Å²) in [4.78, 5) is 11.3. The van der Waals surface area contributed by atoms with Gasteiger partial charge in [-0.1, -0.05) is 0 Å². The van der Waals surface area contributed by atoms with Gasteiger partial charge in [-0.05, 0) is 12.8 Å². The Kier molecular flexibility index (Phi) is 5.38. The molecule has 1 aliphatic heterocycles. The van der Waals surface area contributed by atoms with Crippen molar-refractivity contribution in [1.29, 1.82) is 0 Å². The van der Waals surface area contributed by atoms with Crippen molar-refractivity contribution >= 4 is 6.03 Å². The topological polar surface area (TPSA) is 68.8 Å². The number of carbonyl (C=O) groups excluding carboxylic acids is 1. The van der Waals surface area contributed by atoms with Gasteiger partial charge < -0.3 is 24.8 Å². The van der Waals surface area contributed by atoms with E-state index in [9.17, 15) is 4.79 Å². The predicted molar refractivity (Wildman–Crippen MR) is 53.3 cm³/mol. The van der Waals surface area contributed by atoms with Crippen LogP contribution in [-0.4, -0.2) is 45.9 Å². The van der Waals surface area contributed by atoms with E-state index in [0.29, 0.717) is 13.2 Å². The molecule has 6 heteroatoms. The second-order valence-corrected chi connectivity index (χ2v) is 3.26. The predicted octanol–water partition coefficient (Wildman–Crippen LogP) is 0.0410.